The standard InChI is InChI=1S/C47H75N3O11/c1-14-37-47(12,55)42-30(4)38(48-33(7)51)28(2)25-46(11,57-27-35(20-23-56-42)49-58-26-34-18-16-15-17-19-34)41(31(5)39(52)32(6)43(54)60-37)61-44-40(53)36(24-29(3)59-44)50(13)22-21-45(8,9)10/h15-19,28-32,36-37,40-42,44,53,55H,14,20-27H2,1-13H3/b48-38+,49-35+/t28-,29-,30+,31+,32-,36+,37-,40-,41-,42-,44+,46-,47-/m1/s1. The highest BCUT2D eigenvalue weighted by Crippen LogP contribution is 2.40. The number of aliphatic imine (C=N–C) groups is 1. The molecule has 2 N–H and O–H groups in total. The molecular formula is C47H75N3O11. The number of carbonyl (C=O) groups excluding carboxylic acids is 3. The number of cyclic esters (lactones) is 1. The van der Waals surface area contributed by atoms with Crippen molar-refractivity contribution in [2.45, 2.75) is 176 Å². The van der Waals surface area contributed by atoms with Crippen molar-refractivity contribution in [2.75, 3.05) is 26.8 Å². The number of nitrogens with zero attached hydrogens (tertiary/aromatic N) is 3. The van der Waals surface area contributed by atoms with Crippen LogP contribution in [0.15, 0.2) is 40.5 Å². The topological polar surface area (TPSA) is 175 Å². The normalized spacial score (nSPS) is 37.7. The first-order valence-corrected chi connectivity index (χ1v) is 22.2. The molecule has 0 unspecified atom stereocenters. The number of fused-ring (bicyclic) bond motifs is 5. The van der Waals surface area contributed by atoms with Gasteiger partial charge in [0.25, 0.3) is 0 Å². The first-order chi connectivity index (χ1) is 28.5. The van der Waals surface area contributed by atoms with E-state index in [0.29, 0.717) is 17.8 Å². The summed E-state index contributed by atoms with van der Waals surface area (Å²) in [5, 5.41) is 29.0. The molecule has 3 aliphatic heterocycles. The van der Waals surface area contributed by atoms with E-state index in [-0.39, 0.29) is 56.6 Å². The minimum atomic E-state index is -1.79. The van der Waals surface area contributed by atoms with Gasteiger partial charge < -0.3 is 43.6 Å². The number of benzene rings is 1. The predicted molar refractivity (Wildman–Crippen MR) is 233 cm³/mol. The first-order valence-electron chi connectivity index (χ1n) is 22.2. The lowest BCUT2D eigenvalue weighted by atomic mass is 9.73. The molecule has 1 amide bonds. The lowest BCUT2D eigenvalue weighted by Gasteiger charge is -2.48. The number of esters is 1. The number of ether oxygens (including phenoxy) is 5. The van der Waals surface area contributed by atoms with E-state index in [1.165, 1.54) is 13.8 Å². The van der Waals surface area contributed by atoms with Crippen molar-refractivity contribution >= 4 is 29.1 Å². The Balaban J connectivity index is 1.90. The van der Waals surface area contributed by atoms with E-state index in [4.69, 9.17) is 28.5 Å². The van der Waals surface area contributed by atoms with Crippen LogP contribution >= 0.6 is 0 Å². The third kappa shape index (κ3) is 13.2. The SMILES string of the molecule is CC[C@H]1OC(=O)[C@H](C)C(=O)[C@H](C)[C@@H](O[C@@H]2O[C@H](C)C[C@H](N(C)CCC(C)(C)C)[C@H]2O)[C@@]2(C)C[C@@H](C)/C(=N\C(C)=O)[C@H](C)[C@@H](OCC/C(=N\OCc3ccccc3)CO2)[C@]1(C)O. The van der Waals surface area contributed by atoms with Crippen LogP contribution in [0.5, 0.6) is 0 Å². The molecule has 344 valence electrons. The number of hydrogen-bond donors (Lipinski definition) is 2. The van der Waals surface area contributed by atoms with Crippen LogP contribution in [0.2, 0.25) is 0 Å². The molecule has 2 bridgehead atoms. The fourth-order valence-corrected chi connectivity index (χ4v) is 9.15. The molecule has 0 spiro atoms. The van der Waals surface area contributed by atoms with Crippen molar-refractivity contribution in [3.63, 3.8) is 0 Å². The largest absolute Gasteiger partial charge is 0.459 e. The zero-order valence-corrected chi connectivity index (χ0v) is 39.0. The van der Waals surface area contributed by atoms with E-state index in [1.807, 2.05) is 65.1 Å². The van der Waals surface area contributed by atoms with Crippen molar-refractivity contribution in [3.05, 3.63) is 35.9 Å². The molecule has 14 nitrogen and oxygen atoms in total. The molecule has 4 rings (SSSR count). The highest BCUT2D eigenvalue weighted by Gasteiger charge is 2.53. The van der Waals surface area contributed by atoms with Gasteiger partial charge in [-0.2, -0.15) is 0 Å². The maximum Gasteiger partial charge on any atom is 0.316 e. The van der Waals surface area contributed by atoms with E-state index in [1.54, 1.807) is 20.8 Å². The van der Waals surface area contributed by atoms with Crippen LogP contribution in [0.3, 0.4) is 0 Å². The number of hydrogen-bond acceptors (Lipinski definition) is 13. The van der Waals surface area contributed by atoms with Gasteiger partial charge in [0.1, 0.15) is 30.3 Å². The highest BCUT2D eigenvalue weighted by atomic mass is 16.7. The Labute approximate surface area is 364 Å². The lowest BCUT2D eigenvalue weighted by molar-refractivity contribution is -0.297. The molecule has 3 saturated heterocycles. The third-order valence-electron chi connectivity index (χ3n) is 12.8. The fraction of sp³-hybridized carbons (Fsp3) is 0.766. The molecule has 0 radical (unpaired) electrons. The average molecular weight is 858 g/mol. The van der Waals surface area contributed by atoms with Crippen LogP contribution < -0.4 is 0 Å². The van der Waals surface area contributed by atoms with Gasteiger partial charge >= 0.3 is 5.97 Å². The number of aliphatic hydroxyl groups is 2. The molecule has 14 heteroatoms. The summed E-state index contributed by atoms with van der Waals surface area (Å²) in [5.41, 5.74) is -1.22. The average Bonchev–Trinajstić information content (AvgIpc) is 3.19. The summed E-state index contributed by atoms with van der Waals surface area (Å²) in [6, 6.07) is 9.31. The summed E-state index contributed by atoms with van der Waals surface area (Å²) in [7, 11) is 1.99. The number of Topliss-reactive ketones (excluding diaryl/α,β-unsaturated/α-hetero) is 1. The molecule has 0 aromatic heterocycles. The van der Waals surface area contributed by atoms with E-state index >= 15 is 0 Å². The monoisotopic (exact) mass is 858 g/mol. The summed E-state index contributed by atoms with van der Waals surface area (Å²) < 4.78 is 32.8. The van der Waals surface area contributed by atoms with Crippen molar-refractivity contribution in [1.29, 1.82) is 0 Å². The molecule has 0 aliphatic carbocycles. The van der Waals surface area contributed by atoms with Gasteiger partial charge in [0.05, 0.1) is 42.8 Å². The number of aliphatic hydroxyl groups excluding tert-OH is 1. The molecular weight excluding hydrogens is 783 g/mol. The second-order valence-electron chi connectivity index (χ2n) is 19.4. The van der Waals surface area contributed by atoms with Crippen LogP contribution in [0.1, 0.15) is 121 Å². The maximum absolute atomic E-state index is 14.7. The molecule has 0 saturated carbocycles. The van der Waals surface area contributed by atoms with E-state index in [9.17, 15) is 24.6 Å². The lowest BCUT2D eigenvalue weighted by Crippen LogP contribution is -2.61. The van der Waals surface area contributed by atoms with Crippen LogP contribution in [-0.4, -0.2) is 125 Å². The van der Waals surface area contributed by atoms with Gasteiger partial charge in [0.2, 0.25) is 5.91 Å². The summed E-state index contributed by atoms with van der Waals surface area (Å²) in [4.78, 5) is 54.0. The predicted octanol–water partition coefficient (Wildman–Crippen LogP) is 6.32. The zero-order chi connectivity index (χ0) is 45.4. The molecule has 13 atom stereocenters. The van der Waals surface area contributed by atoms with Gasteiger partial charge in [-0.15, -0.1) is 0 Å². The number of carbonyl (C=O) groups is 3. The van der Waals surface area contributed by atoms with Crippen LogP contribution in [0, 0.1) is 29.1 Å². The summed E-state index contributed by atoms with van der Waals surface area (Å²) in [6.07, 6.45) is -3.77. The summed E-state index contributed by atoms with van der Waals surface area (Å²) in [5.74, 6) is -5.18. The van der Waals surface area contributed by atoms with E-state index in [0.717, 1.165) is 18.5 Å². The zero-order valence-electron chi connectivity index (χ0n) is 39.0. The molecule has 3 heterocycles. The Bertz CT molecular complexity index is 1680. The van der Waals surface area contributed by atoms with Gasteiger partial charge in [-0.25, -0.2) is 4.99 Å². The molecule has 3 fully saturated rings. The number of oxime groups is 1. The summed E-state index contributed by atoms with van der Waals surface area (Å²) >= 11 is 0. The first kappa shape index (κ1) is 50.5. The van der Waals surface area contributed by atoms with Crippen LogP contribution in [-0.2, 0) is 49.5 Å². The highest BCUT2D eigenvalue weighted by molar-refractivity contribution is 6.00. The van der Waals surface area contributed by atoms with Gasteiger partial charge in [0, 0.05) is 36.9 Å². The van der Waals surface area contributed by atoms with Crippen LogP contribution in [0.25, 0.3) is 0 Å². The third-order valence-corrected chi connectivity index (χ3v) is 12.8. The Morgan fingerprint density at radius 2 is 1.72 bits per heavy atom. The van der Waals surface area contributed by atoms with Gasteiger partial charge in [-0.3, -0.25) is 14.4 Å². The fourth-order valence-electron chi connectivity index (χ4n) is 9.15. The quantitative estimate of drug-likeness (QED) is 0.161. The van der Waals surface area contributed by atoms with Crippen LogP contribution in [0.4, 0.5) is 0 Å². The Morgan fingerprint density at radius 1 is 1.05 bits per heavy atom. The van der Waals surface area contributed by atoms with E-state index < -0.39 is 83.2 Å². The Morgan fingerprint density at radius 3 is 2.34 bits per heavy atom. The number of rotatable bonds is 9. The van der Waals surface area contributed by atoms with E-state index in [2.05, 4.69) is 35.8 Å². The second kappa shape index (κ2) is 21.5. The molecule has 1 aromatic carbocycles. The minimum Gasteiger partial charge on any atom is -0.459 e. The molecule has 61 heavy (non-hydrogen) atoms. The van der Waals surface area contributed by atoms with Crippen molar-refractivity contribution in [1.82, 2.24) is 4.90 Å². The van der Waals surface area contributed by atoms with Crippen molar-refractivity contribution in [2.24, 2.45) is 39.2 Å². The second-order valence-corrected chi connectivity index (χ2v) is 19.4. The number of ketones is 1. The smallest absolute Gasteiger partial charge is 0.316 e. The Hall–Kier alpha value is -3.11. The maximum atomic E-state index is 14.7. The van der Waals surface area contributed by atoms with Crippen molar-refractivity contribution in [3.8, 4) is 0 Å². The summed E-state index contributed by atoms with van der Waals surface area (Å²) in [6.45, 7) is 22.9. The Kier molecular flexibility index (Phi) is 17.8. The molecule has 1 aromatic rings. The minimum absolute atomic E-state index is 0.0558. The molecule has 3 aliphatic rings. The van der Waals surface area contributed by atoms with Gasteiger partial charge in [0.15, 0.2) is 12.1 Å². The number of likely N-dealkylation sites (N-methyl/N-ethyl adjacent to an activating group) is 1. The van der Waals surface area contributed by atoms with Gasteiger partial charge in [-0.05, 0) is 83.9 Å². The van der Waals surface area contributed by atoms with Crippen molar-refractivity contribution < 1.29 is 53.1 Å². The number of amides is 1. The van der Waals surface area contributed by atoms with Gasteiger partial charge in [-0.1, -0.05) is 84.0 Å².